The Balaban J connectivity index is 1.56. The van der Waals surface area contributed by atoms with Gasteiger partial charge in [-0.2, -0.15) is 13.2 Å². The molecular formula is C31H36Cl2F3N3O5. The number of likely N-dealkylation sites (N-methyl/N-ethyl adjacent to an activating group) is 1. The number of methoxy groups -OCH3 is 1. The number of carbonyl (C=O) groups excluding carboxylic acids is 3. The van der Waals surface area contributed by atoms with Gasteiger partial charge >= 0.3 is 12.3 Å². The van der Waals surface area contributed by atoms with Crippen LogP contribution in [0.5, 0.6) is 5.75 Å². The molecule has 8 nitrogen and oxygen atoms in total. The van der Waals surface area contributed by atoms with E-state index >= 15 is 0 Å². The van der Waals surface area contributed by atoms with Crippen molar-refractivity contribution in [1.29, 1.82) is 0 Å². The van der Waals surface area contributed by atoms with Crippen LogP contribution in [0.3, 0.4) is 0 Å². The third kappa shape index (κ3) is 7.54. The lowest BCUT2D eigenvalue weighted by molar-refractivity contribution is -0.139. The summed E-state index contributed by atoms with van der Waals surface area (Å²) in [5, 5.41) is 0.651. The van der Waals surface area contributed by atoms with Crippen LogP contribution in [0.15, 0.2) is 36.4 Å². The molecule has 0 bridgehead atoms. The van der Waals surface area contributed by atoms with E-state index in [9.17, 15) is 27.6 Å². The largest absolute Gasteiger partial charge is 0.496 e. The number of piperidine rings is 1. The molecule has 2 saturated heterocycles. The maximum atomic E-state index is 13.7. The molecule has 0 N–H and O–H groups in total. The van der Waals surface area contributed by atoms with Gasteiger partial charge in [-0.3, -0.25) is 9.59 Å². The lowest BCUT2D eigenvalue weighted by Crippen LogP contribution is -2.46. The van der Waals surface area contributed by atoms with Crippen LogP contribution in [-0.4, -0.2) is 84.6 Å². The third-order valence-electron chi connectivity index (χ3n) is 8.04. The molecule has 2 aliphatic rings. The summed E-state index contributed by atoms with van der Waals surface area (Å²) in [7, 11) is 2.65. The first kappa shape index (κ1) is 33.7. The Kier molecular flexibility index (Phi) is 9.99. The van der Waals surface area contributed by atoms with Gasteiger partial charge < -0.3 is 24.2 Å². The number of benzene rings is 2. The van der Waals surface area contributed by atoms with E-state index in [-0.39, 0.29) is 42.1 Å². The summed E-state index contributed by atoms with van der Waals surface area (Å²) >= 11 is 12.5. The molecule has 2 heterocycles. The first-order chi connectivity index (χ1) is 20.5. The lowest BCUT2D eigenvalue weighted by Gasteiger charge is -2.34. The van der Waals surface area contributed by atoms with E-state index in [0.29, 0.717) is 36.0 Å². The fourth-order valence-electron chi connectivity index (χ4n) is 5.74. The molecule has 0 saturated carbocycles. The maximum Gasteiger partial charge on any atom is 0.419 e. The molecule has 2 atom stereocenters. The lowest BCUT2D eigenvalue weighted by atomic mass is 9.93. The topological polar surface area (TPSA) is 79.4 Å². The van der Waals surface area contributed by atoms with E-state index in [1.165, 1.54) is 18.0 Å². The van der Waals surface area contributed by atoms with E-state index in [1.54, 1.807) is 48.8 Å². The zero-order chi connectivity index (χ0) is 32.6. The first-order valence-electron chi connectivity index (χ1n) is 14.2. The third-order valence-corrected chi connectivity index (χ3v) is 8.78. The van der Waals surface area contributed by atoms with Crippen LogP contribution >= 0.6 is 23.2 Å². The number of carbonyl (C=O) groups is 3. The normalized spacial score (nSPS) is 19.6. The predicted octanol–water partition coefficient (Wildman–Crippen LogP) is 6.73. The van der Waals surface area contributed by atoms with Crippen LogP contribution < -0.4 is 4.74 Å². The fourth-order valence-corrected chi connectivity index (χ4v) is 6.05. The van der Waals surface area contributed by atoms with Crippen molar-refractivity contribution in [1.82, 2.24) is 14.7 Å². The van der Waals surface area contributed by atoms with Crippen molar-refractivity contribution in [2.24, 2.45) is 5.92 Å². The number of amides is 3. The van der Waals surface area contributed by atoms with Crippen LogP contribution in [0.25, 0.3) is 0 Å². The molecule has 2 fully saturated rings. The highest BCUT2D eigenvalue weighted by Crippen LogP contribution is 2.39. The molecule has 44 heavy (non-hydrogen) atoms. The second-order valence-corrected chi connectivity index (χ2v) is 13.0. The predicted molar refractivity (Wildman–Crippen MR) is 160 cm³/mol. The Morgan fingerprint density at radius 3 is 2.16 bits per heavy atom. The molecule has 0 spiro atoms. The summed E-state index contributed by atoms with van der Waals surface area (Å²) in [6.07, 6.45) is -4.23. The fraction of sp³-hybridized carbons (Fsp3) is 0.516. The molecule has 13 heteroatoms. The van der Waals surface area contributed by atoms with Crippen molar-refractivity contribution in [2.45, 2.75) is 57.3 Å². The highest BCUT2D eigenvalue weighted by atomic mass is 35.5. The molecule has 0 radical (unpaired) electrons. The smallest absolute Gasteiger partial charge is 0.419 e. The first-order valence-corrected chi connectivity index (χ1v) is 15.0. The molecule has 2 aromatic rings. The van der Waals surface area contributed by atoms with Gasteiger partial charge in [-0.25, -0.2) is 4.79 Å². The van der Waals surface area contributed by atoms with E-state index in [4.69, 9.17) is 32.7 Å². The molecule has 240 valence electrons. The average molecular weight is 659 g/mol. The van der Waals surface area contributed by atoms with Crippen LogP contribution in [-0.2, 0) is 15.7 Å². The summed E-state index contributed by atoms with van der Waals surface area (Å²) in [6.45, 7) is 6.55. The number of nitrogens with zero attached hydrogens (tertiary/aromatic N) is 3. The van der Waals surface area contributed by atoms with E-state index < -0.39 is 35.4 Å². The molecule has 3 amide bonds. The Morgan fingerprint density at radius 2 is 1.59 bits per heavy atom. The Labute approximate surface area is 265 Å². The van der Waals surface area contributed by atoms with Gasteiger partial charge in [0.05, 0.1) is 28.8 Å². The number of likely N-dealkylation sites (tertiary alicyclic amines) is 2. The quantitative estimate of drug-likeness (QED) is 0.356. The van der Waals surface area contributed by atoms with Crippen molar-refractivity contribution < 1.29 is 37.0 Å². The molecule has 4 rings (SSSR count). The number of hydrogen-bond donors (Lipinski definition) is 0. The number of alkyl halides is 3. The average Bonchev–Trinajstić information content (AvgIpc) is 3.41. The van der Waals surface area contributed by atoms with Gasteiger partial charge in [0.1, 0.15) is 11.4 Å². The number of hydrogen-bond acceptors (Lipinski definition) is 5. The molecular weight excluding hydrogens is 622 g/mol. The number of ether oxygens (including phenoxy) is 2. The molecule has 0 aromatic heterocycles. The van der Waals surface area contributed by atoms with Gasteiger partial charge in [-0.15, -0.1) is 0 Å². The Morgan fingerprint density at radius 1 is 0.932 bits per heavy atom. The molecule has 0 aliphatic carbocycles. The minimum atomic E-state index is -4.72. The summed E-state index contributed by atoms with van der Waals surface area (Å²) in [6, 6.07) is 7.71. The highest BCUT2D eigenvalue weighted by molar-refractivity contribution is 6.42. The number of rotatable bonds is 5. The van der Waals surface area contributed by atoms with E-state index in [1.807, 2.05) is 0 Å². The highest BCUT2D eigenvalue weighted by Gasteiger charge is 2.43. The van der Waals surface area contributed by atoms with Crippen molar-refractivity contribution >= 4 is 41.1 Å². The van der Waals surface area contributed by atoms with E-state index in [2.05, 4.69) is 0 Å². The zero-order valence-electron chi connectivity index (χ0n) is 25.2. The van der Waals surface area contributed by atoms with Gasteiger partial charge in [0.2, 0.25) is 5.91 Å². The SMILES string of the molecule is COc1ccc(C(=O)N(C)[C@H]2CN(C(=O)C3CCN(C(=O)OC(C)(C)C)CC3)C[C@@H]2c2ccc(Cl)c(Cl)c2)cc1C(F)(F)F. The van der Waals surface area contributed by atoms with Gasteiger partial charge in [0.15, 0.2) is 0 Å². The standard InChI is InChI=1S/C31H36Cl2F3N3O5/c1-30(2,3)44-29(42)38-12-10-18(11-13-38)28(41)39-16-21(19-6-8-23(32)24(33)15-19)25(17-39)37(4)27(40)20-7-9-26(43-5)22(14-20)31(34,35)36/h6-9,14-15,18,21,25H,10-13,16-17H2,1-5H3/t21-,25+/m1/s1. The van der Waals surface area contributed by atoms with Crippen LogP contribution in [0.1, 0.15) is 61.0 Å². The van der Waals surface area contributed by atoms with Crippen LogP contribution in [0, 0.1) is 5.92 Å². The molecule has 2 aromatic carbocycles. The summed E-state index contributed by atoms with van der Waals surface area (Å²) in [5.41, 5.74) is -1.10. The summed E-state index contributed by atoms with van der Waals surface area (Å²) in [5.74, 6) is -1.84. The van der Waals surface area contributed by atoms with Crippen LogP contribution in [0.2, 0.25) is 10.0 Å². The minimum Gasteiger partial charge on any atom is -0.496 e. The van der Waals surface area contributed by atoms with Crippen molar-refractivity contribution in [3.8, 4) is 5.75 Å². The summed E-state index contributed by atoms with van der Waals surface area (Å²) in [4.78, 5) is 44.5. The second-order valence-electron chi connectivity index (χ2n) is 12.2. The van der Waals surface area contributed by atoms with E-state index in [0.717, 1.165) is 24.8 Å². The van der Waals surface area contributed by atoms with Crippen molar-refractivity contribution in [3.05, 3.63) is 63.1 Å². The zero-order valence-corrected chi connectivity index (χ0v) is 26.7. The Bertz CT molecular complexity index is 1410. The van der Waals surface area contributed by atoms with Crippen molar-refractivity contribution in [3.63, 3.8) is 0 Å². The van der Waals surface area contributed by atoms with Crippen LogP contribution in [0.4, 0.5) is 18.0 Å². The summed E-state index contributed by atoms with van der Waals surface area (Å²) < 4.78 is 51.4. The number of halogens is 5. The van der Waals surface area contributed by atoms with Gasteiger partial charge in [0.25, 0.3) is 5.91 Å². The molecule has 2 aliphatic heterocycles. The van der Waals surface area contributed by atoms with Gasteiger partial charge in [-0.05, 0) is 69.5 Å². The Hall–Kier alpha value is -3.18. The maximum absolute atomic E-state index is 13.7. The van der Waals surface area contributed by atoms with Gasteiger partial charge in [-0.1, -0.05) is 29.3 Å². The monoisotopic (exact) mass is 657 g/mol. The molecule has 0 unspecified atom stereocenters. The minimum absolute atomic E-state index is 0.106. The van der Waals surface area contributed by atoms with Crippen molar-refractivity contribution in [2.75, 3.05) is 40.3 Å². The van der Waals surface area contributed by atoms with Gasteiger partial charge in [0, 0.05) is 50.6 Å². The second kappa shape index (κ2) is 13.0.